The Hall–Kier alpha value is -6.49. The van der Waals surface area contributed by atoms with E-state index in [4.69, 9.17) is 55.3 Å². The number of halogens is 2. The van der Waals surface area contributed by atoms with Gasteiger partial charge in [-0.3, -0.25) is 33.1 Å². The molecule has 2 aliphatic heterocycles. The van der Waals surface area contributed by atoms with Gasteiger partial charge in [0.05, 0.1) is 76.4 Å². The van der Waals surface area contributed by atoms with Gasteiger partial charge in [0.15, 0.2) is 48.2 Å². The van der Waals surface area contributed by atoms with Crippen LogP contribution in [-0.2, 0) is 73.5 Å². The number of aromatic amines is 1. The number of nitrogens with zero attached hydrogens (tertiary/aromatic N) is 5. The number of anilines is 2. The molecule has 6 N–H and O–H groups in total. The molecule has 0 saturated carbocycles. The van der Waals surface area contributed by atoms with E-state index in [0.717, 1.165) is 23.3 Å². The highest BCUT2D eigenvalue weighted by Crippen LogP contribution is 2.54. The summed E-state index contributed by atoms with van der Waals surface area (Å²) < 4.78 is 208. The van der Waals surface area contributed by atoms with Gasteiger partial charge in [-0.1, -0.05) is 23.2 Å². The number of hydrogen-bond donors (Lipinski definition) is 6. The molecule has 82 heavy (non-hydrogen) atoms. The van der Waals surface area contributed by atoms with Crippen LogP contribution in [0.1, 0.15) is 22.4 Å². The van der Waals surface area contributed by atoms with Crippen molar-refractivity contribution in [3.63, 3.8) is 0 Å². The Balaban J connectivity index is 0.000000281. The van der Waals surface area contributed by atoms with Gasteiger partial charge in [-0.25, -0.2) is 39.1 Å². The Bertz CT molecular complexity index is 4550. The molecule has 0 amide bonds. The molecule has 0 bridgehead atoms. The average Bonchev–Trinajstić information content (AvgIpc) is 3.71. The van der Waals surface area contributed by atoms with Crippen molar-refractivity contribution in [2.75, 3.05) is 50.3 Å². The van der Waals surface area contributed by atoms with Crippen molar-refractivity contribution in [3.05, 3.63) is 109 Å². The van der Waals surface area contributed by atoms with Gasteiger partial charge in [-0.2, -0.15) is 33.7 Å². The third kappa shape index (κ3) is 15.0. The minimum Gasteiger partial charge on any atom is -0.494 e. The van der Waals surface area contributed by atoms with Crippen molar-refractivity contribution in [2.24, 2.45) is 15.2 Å². The molecule has 30 nitrogen and oxygen atoms in total. The minimum absolute atomic E-state index is 0.0634. The number of rotatable bonds is 19. The van der Waals surface area contributed by atoms with Crippen LogP contribution in [0.5, 0.6) is 17.2 Å². The summed E-state index contributed by atoms with van der Waals surface area (Å²) in [6.07, 6.45) is 0. The Labute approximate surface area is 476 Å². The largest absolute Gasteiger partial charge is 0.494 e. The topological polar surface area (TPSA) is 445 Å². The van der Waals surface area contributed by atoms with Crippen molar-refractivity contribution < 1.29 is 95.2 Å². The zero-order chi connectivity index (χ0) is 60.7. The lowest BCUT2D eigenvalue weighted by atomic mass is 10.1. The van der Waals surface area contributed by atoms with Gasteiger partial charge in [0.25, 0.3) is 15.7 Å². The Morgan fingerprint density at radius 3 is 1.87 bits per heavy atom. The van der Waals surface area contributed by atoms with Crippen molar-refractivity contribution in [3.8, 4) is 34.4 Å². The van der Waals surface area contributed by atoms with Crippen molar-refractivity contribution in [2.45, 2.75) is 42.4 Å². The first-order valence-electron chi connectivity index (χ1n) is 22.6. The van der Waals surface area contributed by atoms with Crippen LogP contribution in [0.2, 0.25) is 10.0 Å². The number of benzene rings is 5. The molecular formula is C44H43Cl2N7O23S6. The molecule has 0 unspecified atom stereocenters. The highest BCUT2D eigenvalue weighted by Gasteiger charge is 2.33. The zero-order valence-electron chi connectivity index (χ0n) is 42.5. The monoisotopic (exact) mass is 1300 g/mol. The maximum atomic E-state index is 13.3. The first-order chi connectivity index (χ1) is 38.0. The number of methoxy groups -OCH3 is 1. The smallest absolute Gasteiger partial charge is 0.397 e. The number of nitrogens with one attached hydrogen (secondary N) is 2. The fraction of sp³-hybridized carbons (Fsp3) is 0.250. The predicted molar refractivity (Wildman–Crippen MR) is 290 cm³/mol. The third-order valence-electron chi connectivity index (χ3n) is 11.4. The predicted octanol–water partition coefficient (Wildman–Crippen LogP) is 6.06. The van der Waals surface area contributed by atoms with Crippen LogP contribution in [0.4, 0.5) is 22.7 Å². The van der Waals surface area contributed by atoms with E-state index in [1.54, 1.807) is 6.92 Å². The van der Waals surface area contributed by atoms with E-state index >= 15 is 0 Å². The fourth-order valence-electron chi connectivity index (χ4n) is 7.50. The van der Waals surface area contributed by atoms with E-state index in [2.05, 4.69) is 43.2 Å². The summed E-state index contributed by atoms with van der Waals surface area (Å²) in [7, 11) is -26.4. The zero-order valence-corrected chi connectivity index (χ0v) is 48.9. The molecular weight excluding hydrogens is 1260 g/mol. The molecule has 442 valence electrons. The molecule has 38 heteroatoms. The van der Waals surface area contributed by atoms with Crippen molar-refractivity contribution >= 4 is 118 Å². The SMILES string of the molecule is COc1cc(C)c(C)cc1N=Nc1c(C)[nH]n(-c2ccc(S(=O)(=O)O)cc2)c1=O.Cc1cc2c(c(S(=O)(=O)CCOS(=O)(=O)O)c1)Nc1c(c(Cl)c3nc4cc(S(=O)(=O)CCOS(=O)(=O)O)c(=NCCOS(=O)(=O)O)cc-4oc3c1Cl)O2. The quantitative estimate of drug-likeness (QED) is 0.0232. The van der Waals surface area contributed by atoms with E-state index in [-0.39, 0.29) is 76.3 Å². The molecule has 0 radical (unpaired) electrons. The number of azo groups is 1. The van der Waals surface area contributed by atoms with Gasteiger partial charge in [0.2, 0.25) is 0 Å². The van der Waals surface area contributed by atoms with Crippen LogP contribution < -0.4 is 25.7 Å². The van der Waals surface area contributed by atoms with E-state index < -0.39 is 109 Å². The van der Waals surface area contributed by atoms with Crippen LogP contribution in [0.3, 0.4) is 0 Å². The van der Waals surface area contributed by atoms with Crippen LogP contribution >= 0.6 is 23.2 Å². The van der Waals surface area contributed by atoms with Crippen LogP contribution in [0, 0.1) is 27.7 Å². The standard InChI is InChI=1S/C25H23Cl2N3O18S5.C19H20N4O5S/c1-12-8-16-21(18(9-12)50(33,34)7-5-46-53(41,42)43)30-23-20(27)24-22(19(26)25(23)48-16)29-13-11-17(49(31,32)6-4-45-52(38,39)40)14(10-15(13)47-24)28-2-3-44-51(35,36)37;1-11-9-16(17(28-4)10-12(11)2)20-21-18-13(3)22-23(19(18)24)14-5-7-15(8-6-14)29(25,26)27/h8-11,30H,2-7H2,1H3,(H,35,36,37)(H,38,39,40)(H,41,42,43);5-10,22H,1-4H3,(H,25,26,27). The molecule has 0 saturated heterocycles. The molecule has 1 aromatic heterocycles. The second-order valence-corrected chi connectivity index (χ2v) is 26.8. The maximum Gasteiger partial charge on any atom is 0.397 e. The van der Waals surface area contributed by atoms with Gasteiger partial charge in [0.1, 0.15) is 44.1 Å². The van der Waals surface area contributed by atoms with E-state index in [9.17, 15) is 55.3 Å². The second kappa shape index (κ2) is 24.0. The lowest BCUT2D eigenvalue weighted by Crippen LogP contribution is -2.23. The van der Waals surface area contributed by atoms with E-state index in [1.807, 2.05) is 26.0 Å². The average molecular weight is 1300 g/mol. The molecule has 3 heterocycles. The number of ether oxygens (including phenoxy) is 2. The Morgan fingerprint density at radius 2 is 1.28 bits per heavy atom. The van der Waals surface area contributed by atoms with Crippen LogP contribution in [0.25, 0.3) is 28.2 Å². The second-order valence-electron chi connectivity index (χ2n) is 17.1. The van der Waals surface area contributed by atoms with Gasteiger partial charge in [0, 0.05) is 6.07 Å². The summed E-state index contributed by atoms with van der Waals surface area (Å²) >= 11 is 13.4. The summed E-state index contributed by atoms with van der Waals surface area (Å²) in [5.74, 6) is -1.75. The number of H-pyrrole nitrogens is 1. The molecule has 8 rings (SSSR count). The minimum atomic E-state index is -5.01. The number of aryl methyl sites for hydroxylation is 4. The fourth-order valence-corrected chi connectivity index (χ4v) is 12.2. The normalized spacial score (nSPS) is 13.4. The summed E-state index contributed by atoms with van der Waals surface area (Å²) in [5.41, 5.74) is 2.64. The molecule has 0 spiro atoms. The lowest BCUT2D eigenvalue weighted by Gasteiger charge is -2.26. The number of sulfone groups is 2. The van der Waals surface area contributed by atoms with Crippen LogP contribution in [-0.4, -0.2) is 128 Å². The Kier molecular flexibility index (Phi) is 18.5. The van der Waals surface area contributed by atoms with E-state index in [1.165, 1.54) is 55.1 Å². The first-order valence-corrected chi connectivity index (χ1v) is 32.2. The van der Waals surface area contributed by atoms with Gasteiger partial charge < -0.3 is 19.2 Å². The summed E-state index contributed by atoms with van der Waals surface area (Å²) in [4.78, 5) is 19.9. The summed E-state index contributed by atoms with van der Waals surface area (Å²) in [6, 6.07) is 13.6. The van der Waals surface area contributed by atoms with Gasteiger partial charge in [-0.15, -0.1) is 10.2 Å². The van der Waals surface area contributed by atoms with Gasteiger partial charge >= 0.3 is 31.2 Å². The molecule has 3 aliphatic rings. The number of hydrogen-bond acceptors (Lipinski definition) is 24. The number of fused-ring (bicyclic) bond motifs is 4. The summed E-state index contributed by atoms with van der Waals surface area (Å²) in [5, 5.41) is 13.1. The third-order valence-corrected chi connectivity index (χ3v) is 17.7. The molecule has 0 atom stereocenters. The highest BCUT2D eigenvalue weighted by molar-refractivity contribution is 7.92. The van der Waals surface area contributed by atoms with E-state index in [0.29, 0.717) is 28.4 Å². The maximum absolute atomic E-state index is 13.3. The van der Waals surface area contributed by atoms with Gasteiger partial charge in [-0.05, 0) is 99.0 Å². The first kappa shape index (κ1) is 63.1. The van der Waals surface area contributed by atoms with Crippen LogP contribution in [0.15, 0.2) is 99.8 Å². The molecule has 0 fully saturated rings. The Morgan fingerprint density at radius 1 is 0.695 bits per heavy atom. The molecule has 5 aromatic rings. The summed E-state index contributed by atoms with van der Waals surface area (Å²) in [6.45, 7) is 3.91. The number of aromatic nitrogens is 3. The lowest BCUT2D eigenvalue weighted by molar-refractivity contribution is 0.275. The van der Waals surface area contributed by atoms with Crippen molar-refractivity contribution in [1.29, 1.82) is 0 Å². The molecule has 4 aromatic carbocycles. The molecule has 1 aliphatic carbocycles. The highest BCUT2D eigenvalue weighted by atomic mass is 35.5. The van der Waals surface area contributed by atoms with Crippen molar-refractivity contribution in [1.82, 2.24) is 14.8 Å².